The topological polar surface area (TPSA) is 54.0 Å². The quantitative estimate of drug-likeness (QED) is 0.463. The van der Waals surface area contributed by atoms with Crippen LogP contribution in [0.1, 0.15) is 59.4 Å². The molecule has 0 aromatic heterocycles. The number of methoxy groups -OCH3 is 1. The summed E-state index contributed by atoms with van der Waals surface area (Å²) >= 11 is 0. The molecular weight excluding hydrogens is 391 g/mol. The Morgan fingerprint density at radius 1 is 1.10 bits per heavy atom. The molecule has 1 aliphatic heterocycles. The number of carbonyl (C=O) groups excluding carboxylic acids is 1. The van der Waals surface area contributed by atoms with Gasteiger partial charge in [-0.3, -0.25) is 4.79 Å². The Hall–Kier alpha value is -2.05. The van der Waals surface area contributed by atoms with Gasteiger partial charge in [-0.25, -0.2) is 0 Å². The molecule has 0 N–H and O–H groups in total. The van der Waals surface area contributed by atoms with E-state index in [9.17, 15) is 4.79 Å². The van der Waals surface area contributed by atoms with Gasteiger partial charge in [0.25, 0.3) is 0 Å². The molecule has 1 saturated heterocycles. The number of para-hydroxylation sites is 1. The number of esters is 1. The minimum atomic E-state index is -0.622. The van der Waals surface area contributed by atoms with Crippen LogP contribution in [-0.4, -0.2) is 38.0 Å². The second kappa shape index (κ2) is 7.52. The van der Waals surface area contributed by atoms with Gasteiger partial charge < -0.3 is 18.8 Å². The Kier molecular flexibility index (Phi) is 5.38. The van der Waals surface area contributed by atoms with Gasteiger partial charge in [-0.2, -0.15) is 0 Å². The predicted octanol–water partition coefficient (Wildman–Crippen LogP) is 5.21. The van der Waals surface area contributed by atoms with Gasteiger partial charge in [0.15, 0.2) is 0 Å². The fourth-order valence-corrected chi connectivity index (χ4v) is 4.80. The van der Waals surface area contributed by atoms with Crippen molar-refractivity contribution in [3.63, 3.8) is 0 Å². The lowest BCUT2D eigenvalue weighted by Crippen LogP contribution is -2.45. The van der Waals surface area contributed by atoms with Crippen LogP contribution in [0.3, 0.4) is 0 Å². The molecule has 0 radical (unpaired) electrons. The zero-order chi connectivity index (χ0) is 22.5. The Morgan fingerprint density at radius 3 is 2.26 bits per heavy atom. The maximum Gasteiger partial charge on any atom is 0.470 e. The highest BCUT2D eigenvalue weighted by Crippen LogP contribution is 2.70. The van der Waals surface area contributed by atoms with Crippen LogP contribution in [0.5, 0.6) is 5.75 Å². The van der Waals surface area contributed by atoms with Crippen LogP contribution in [0.4, 0.5) is 0 Å². The lowest BCUT2D eigenvalue weighted by Gasteiger charge is -2.40. The molecule has 5 nitrogen and oxygen atoms in total. The first kappa shape index (κ1) is 22.2. The number of ether oxygens (including phenoxy) is 2. The van der Waals surface area contributed by atoms with E-state index in [2.05, 4.69) is 24.3 Å². The highest BCUT2D eigenvalue weighted by Gasteiger charge is 2.73. The Morgan fingerprint density at radius 2 is 1.74 bits per heavy atom. The van der Waals surface area contributed by atoms with Crippen LogP contribution in [-0.2, 0) is 18.8 Å². The third-order valence-corrected chi connectivity index (χ3v) is 7.62. The summed E-state index contributed by atoms with van der Waals surface area (Å²) in [7, 11) is 1.15. The molecular formula is C25H33BO5. The van der Waals surface area contributed by atoms with Crippen molar-refractivity contribution < 1.29 is 23.6 Å². The van der Waals surface area contributed by atoms with Crippen LogP contribution >= 0.6 is 0 Å². The van der Waals surface area contributed by atoms with Crippen molar-refractivity contribution in [1.82, 2.24) is 0 Å². The lowest BCUT2D eigenvalue weighted by atomic mass is 9.46. The number of hydrogen-bond donors (Lipinski definition) is 0. The number of benzene rings is 1. The van der Waals surface area contributed by atoms with E-state index in [-0.39, 0.29) is 5.97 Å². The number of carbonyl (C=O) groups is 1. The van der Waals surface area contributed by atoms with E-state index in [1.54, 1.807) is 7.11 Å². The molecule has 1 saturated carbocycles. The zero-order valence-corrected chi connectivity index (χ0v) is 19.5. The smallest absolute Gasteiger partial charge is 0.470 e. The Labute approximate surface area is 185 Å². The summed E-state index contributed by atoms with van der Waals surface area (Å²) in [4.78, 5) is 13.2. The Balaban J connectivity index is 1.74. The van der Waals surface area contributed by atoms with Gasteiger partial charge in [-0.1, -0.05) is 36.4 Å². The molecule has 31 heavy (non-hydrogen) atoms. The normalized spacial score (nSPS) is 27.5. The van der Waals surface area contributed by atoms with Gasteiger partial charge in [-0.05, 0) is 65.5 Å². The molecule has 3 aliphatic rings. The number of hydrogen-bond acceptors (Lipinski definition) is 5. The summed E-state index contributed by atoms with van der Waals surface area (Å²) in [6.45, 7) is 10.4. The van der Waals surface area contributed by atoms with Gasteiger partial charge in [-0.15, -0.1) is 0 Å². The fourth-order valence-electron chi connectivity index (χ4n) is 4.80. The van der Waals surface area contributed by atoms with E-state index in [1.165, 1.54) is 0 Å². The van der Waals surface area contributed by atoms with Gasteiger partial charge >= 0.3 is 13.1 Å². The summed E-state index contributed by atoms with van der Waals surface area (Å²) in [5, 5.41) is -0.615. The maximum atomic E-state index is 13.2. The fraction of sp³-hybridized carbons (Fsp3) is 0.560. The second-order valence-corrected chi connectivity index (χ2v) is 9.83. The highest BCUT2D eigenvalue weighted by atomic mass is 16.7. The van der Waals surface area contributed by atoms with E-state index < -0.39 is 29.0 Å². The molecule has 2 aliphatic carbocycles. The molecule has 1 aromatic carbocycles. The Bertz CT molecular complexity index is 912. The molecule has 6 heteroatoms. The van der Waals surface area contributed by atoms with Crippen molar-refractivity contribution in [2.75, 3.05) is 13.7 Å². The standard InChI is InChI=1S/C25H33BO5/c1-7-29-21(27)24(16-17-24)25(26-30-22(2,3)23(4,5)31-26)14-12-18(13-15-25)19-10-8-9-11-20(19)28-6/h8-14H,7,15-17H2,1-6H3. The number of allylic oxidation sites excluding steroid dienone is 4. The molecule has 2 fully saturated rings. The molecule has 0 spiro atoms. The van der Waals surface area contributed by atoms with E-state index in [4.69, 9.17) is 18.8 Å². The molecule has 1 unspecified atom stereocenters. The average Bonchev–Trinajstić information content (AvgIpc) is 3.52. The monoisotopic (exact) mass is 424 g/mol. The summed E-state index contributed by atoms with van der Waals surface area (Å²) in [5.41, 5.74) is 0.531. The summed E-state index contributed by atoms with van der Waals surface area (Å²) < 4.78 is 24.1. The zero-order valence-electron chi connectivity index (χ0n) is 19.5. The molecule has 0 bridgehead atoms. The molecule has 1 aromatic rings. The maximum absolute atomic E-state index is 13.2. The number of rotatable bonds is 6. The van der Waals surface area contributed by atoms with Gasteiger partial charge in [0.1, 0.15) is 5.75 Å². The molecule has 1 atom stereocenters. The van der Waals surface area contributed by atoms with Crippen molar-refractivity contribution in [1.29, 1.82) is 0 Å². The van der Waals surface area contributed by atoms with E-state index in [1.807, 2.05) is 52.8 Å². The summed E-state index contributed by atoms with van der Waals surface area (Å²) in [6, 6.07) is 7.98. The SMILES string of the molecule is CCOC(=O)C1(C2(B3OC(C)(C)C(C)(C)O3)C=CC(c3ccccc3OC)=CC2)CC1. The van der Waals surface area contributed by atoms with Gasteiger partial charge in [0.05, 0.1) is 30.3 Å². The van der Waals surface area contributed by atoms with Gasteiger partial charge in [0.2, 0.25) is 0 Å². The van der Waals surface area contributed by atoms with E-state index >= 15 is 0 Å². The van der Waals surface area contributed by atoms with Crippen molar-refractivity contribution in [2.24, 2.45) is 5.41 Å². The second-order valence-electron chi connectivity index (χ2n) is 9.83. The molecule has 0 amide bonds. The summed E-state index contributed by atoms with van der Waals surface area (Å²) in [6.07, 6.45) is 8.59. The minimum Gasteiger partial charge on any atom is -0.496 e. The third kappa shape index (κ3) is 3.35. The molecule has 4 rings (SSSR count). The van der Waals surface area contributed by atoms with Crippen LogP contribution in [0, 0.1) is 5.41 Å². The highest BCUT2D eigenvalue weighted by molar-refractivity contribution is 6.52. The predicted molar refractivity (Wildman–Crippen MR) is 122 cm³/mol. The van der Waals surface area contributed by atoms with Crippen molar-refractivity contribution in [2.45, 2.75) is 70.4 Å². The third-order valence-electron chi connectivity index (χ3n) is 7.62. The van der Waals surface area contributed by atoms with Crippen LogP contribution in [0.25, 0.3) is 5.57 Å². The largest absolute Gasteiger partial charge is 0.496 e. The van der Waals surface area contributed by atoms with Crippen LogP contribution < -0.4 is 4.74 Å². The van der Waals surface area contributed by atoms with Crippen molar-refractivity contribution >= 4 is 18.7 Å². The first-order valence-corrected chi connectivity index (χ1v) is 11.2. The summed E-state index contributed by atoms with van der Waals surface area (Å²) in [5.74, 6) is 0.677. The van der Waals surface area contributed by atoms with E-state index in [0.717, 1.165) is 29.7 Å². The van der Waals surface area contributed by atoms with Crippen LogP contribution in [0.2, 0.25) is 5.31 Å². The lowest BCUT2D eigenvalue weighted by molar-refractivity contribution is -0.151. The first-order chi connectivity index (χ1) is 14.6. The van der Waals surface area contributed by atoms with Crippen molar-refractivity contribution in [3.8, 4) is 5.75 Å². The minimum absolute atomic E-state index is 0.150. The van der Waals surface area contributed by atoms with E-state index in [0.29, 0.717) is 13.0 Å². The molecule has 166 valence electrons. The van der Waals surface area contributed by atoms with Crippen molar-refractivity contribution in [3.05, 3.63) is 48.1 Å². The molecule has 1 heterocycles. The first-order valence-electron chi connectivity index (χ1n) is 11.2. The van der Waals surface area contributed by atoms with Gasteiger partial charge in [0, 0.05) is 10.9 Å². The van der Waals surface area contributed by atoms with Crippen LogP contribution in [0.15, 0.2) is 42.5 Å². The average molecular weight is 424 g/mol.